The van der Waals surface area contributed by atoms with Crippen molar-refractivity contribution < 1.29 is 13.2 Å². The predicted molar refractivity (Wildman–Crippen MR) is 89.2 cm³/mol. The second-order valence-corrected chi connectivity index (χ2v) is 5.99. The molecule has 2 heterocycles. The van der Waals surface area contributed by atoms with E-state index in [1.54, 1.807) is 6.20 Å². The molecule has 0 saturated heterocycles. The van der Waals surface area contributed by atoms with Gasteiger partial charge in [0.1, 0.15) is 5.82 Å². The van der Waals surface area contributed by atoms with Crippen molar-refractivity contribution in [3.8, 4) is 0 Å². The first-order valence-corrected chi connectivity index (χ1v) is 7.99. The quantitative estimate of drug-likeness (QED) is 0.897. The topological polar surface area (TPSA) is 47.1 Å². The van der Waals surface area contributed by atoms with Gasteiger partial charge < -0.3 is 10.6 Å². The highest BCUT2D eigenvalue weighted by Gasteiger charge is 2.35. The van der Waals surface area contributed by atoms with Crippen molar-refractivity contribution in [3.05, 3.63) is 42.1 Å². The van der Waals surface area contributed by atoms with Crippen LogP contribution in [0.1, 0.15) is 26.3 Å². The van der Waals surface area contributed by atoms with Crippen molar-refractivity contribution >= 4 is 11.5 Å². The Bertz CT molecular complexity index is 663. The Kier molecular flexibility index (Phi) is 5.22. The van der Waals surface area contributed by atoms with Crippen LogP contribution in [-0.4, -0.2) is 22.9 Å². The highest BCUT2D eigenvalue weighted by Crippen LogP contribution is 2.37. The number of alkyl halides is 3. The minimum atomic E-state index is -4.33. The SMILES string of the molecule is CC.CC1(CN)CN(c2ccc(C(F)(F)F)cc2)c2ccnn2C1. The molecule has 0 bridgehead atoms. The number of fused-ring (bicyclic) bond motifs is 1. The fourth-order valence-electron chi connectivity index (χ4n) is 2.73. The Morgan fingerprint density at radius 1 is 1.12 bits per heavy atom. The third-order valence-corrected chi connectivity index (χ3v) is 4.04. The molecule has 0 spiro atoms. The van der Waals surface area contributed by atoms with Crippen LogP contribution in [-0.2, 0) is 12.7 Å². The van der Waals surface area contributed by atoms with Crippen LogP contribution in [0, 0.1) is 5.41 Å². The summed E-state index contributed by atoms with van der Waals surface area (Å²) in [5.74, 6) is 0.866. The number of hydrogen-bond donors (Lipinski definition) is 1. The Balaban J connectivity index is 0.00000100. The molecule has 7 heteroatoms. The number of nitrogens with two attached hydrogens (primary N) is 1. The van der Waals surface area contributed by atoms with Crippen LogP contribution in [0.5, 0.6) is 0 Å². The van der Waals surface area contributed by atoms with Crippen molar-refractivity contribution in [2.75, 3.05) is 18.0 Å². The summed E-state index contributed by atoms with van der Waals surface area (Å²) >= 11 is 0. The molecule has 1 aliphatic rings. The third-order valence-electron chi connectivity index (χ3n) is 4.04. The van der Waals surface area contributed by atoms with Crippen molar-refractivity contribution in [3.63, 3.8) is 0 Å². The van der Waals surface area contributed by atoms with Gasteiger partial charge in [0.05, 0.1) is 18.3 Å². The number of nitrogens with zero attached hydrogens (tertiary/aromatic N) is 3. The lowest BCUT2D eigenvalue weighted by Gasteiger charge is -2.41. The molecule has 1 aromatic heterocycles. The lowest BCUT2D eigenvalue weighted by Crippen LogP contribution is -2.46. The van der Waals surface area contributed by atoms with E-state index in [9.17, 15) is 13.2 Å². The Morgan fingerprint density at radius 3 is 2.29 bits per heavy atom. The summed E-state index contributed by atoms with van der Waals surface area (Å²) in [6.07, 6.45) is -2.64. The molecule has 0 saturated carbocycles. The molecule has 1 aromatic carbocycles. The van der Waals surface area contributed by atoms with Gasteiger partial charge >= 0.3 is 6.18 Å². The molecule has 1 atom stereocenters. The van der Waals surface area contributed by atoms with Gasteiger partial charge in [-0.1, -0.05) is 20.8 Å². The zero-order valence-corrected chi connectivity index (χ0v) is 14.1. The van der Waals surface area contributed by atoms with Gasteiger partial charge in [-0.2, -0.15) is 18.3 Å². The van der Waals surface area contributed by atoms with Crippen LogP contribution in [0.2, 0.25) is 0 Å². The smallest absolute Gasteiger partial charge is 0.330 e. The van der Waals surface area contributed by atoms with Gasteiger partial charge in [0, 0.05) is 30.3 Å². The van der Waals surface area contributed by atoms with Crippen molar-refractivity contribution in [2.45, 2.75) is 33.5 Å². The molecule has 4 nitrogen and oxygen atoms in total. The molecule has 24 heavy (non-hydrogen) atoms. The maximum Gasteiger partial charge on any atom is 0.416 e. The lowest BCUT2D eigenvalue weighted by atomic mass is 9.88. The van der Waals surface area contributed by atoms with Gasteiger partial charge in [-0.05, 0) is 24.3 Å². The monoisotopic (exact) mass is 340 g/mol. The zero-order chi connectivity index (χ0) is 18.0. The largest absolute Gasteiger partial charge is 0.416 e. The van der Waals surface area contributed by atoms with Gasteiger partial charge in [-0.25, -0.2) is 4.68 Å². The molecular weight excluding hydrogens is 317 g/mol. The molecule has 1 aliphatic heterocycles. The fourth-order valence-corrected chi connectivity index (χ4v) is 2.73. The highest BCUT2D eigenvalue weighted by atomic mass is 19.4. The number of halogens is 3. The maximum atomic E-state index is 12.7. The fraction of sp³-hybridized carbons (Fsp3) is 0.471. The Morgan fingerprint density at radius 2 is 1.75 bits per heavy atom. The first-order valence-electron chi connectivity index (χ1n) is 7.99. The molecule has 2 aromatic rings. The maximum absolute atomic E-state index is 12.7. The van der Waals surface area contributed by atoms with E-state index in [-0.39, 0.29) is 5.41 Å². The van der Waals surface area contributed by atoms with E-state index in [0.717, 1.165) is 18.0 Å². The number of hydrogen-bond acceptors (Lipinski definition) is 3. The molecule has 0 radical (unpaired) electrons. The molecule has 0 fully saturated rings. The minimum Gasteiger partial charge on any atom is -0.330 e. The van der Waals surface area contributed by atoms with E-state index in [1.807, 2.05) is 29.5 Å². The van der Waals surface area contributed by atoms with E-state index in [0.29, 0.717) is 25.3 Å². The van der Waals surface area contributed by atoms with Crippen molar-refractivity contribution in [2.24, 2.45) is 11.1 Å². The molecule has 0 aliphatic carbocycles. The number of rotatable bonds is 2. The second kappa shape index (κ2) is 6.84. The number of benzene rings is 1. The highest BCUT2D eigenvalue weighted by molar-refractivity contribution is 5.61. The van der Waals surface area contributed by atoms with Crippen molar-refractivity contribution in [1.29, 1.82) is 0 Å². The number of anilines is 2. The van der Waals surface area contributed by atoms with Gasteiger partial charge in [0.2, 0.25) is 0 Å². The van der Waals surface area contributed by atoms with Crippen molar-refractivity contribution in [1.82, 2.24) is 9.78 Å². The van der Waals surface area contributed by atoms with Crippen LogP contribution in [0.4, 0.5) is 24.7 Å². The minimum absolute atomic E-state index is 0.179. The average Bonchev–Trinajstić information content (AvgIpc) is 3.03. The van der Waals surface area contributed by atoms with Gasteiger partial charge in [-0.15, -0.1) is 0 Å². The molecular formula is C17H23F3N4. The lowest BCUT2D eigenvalue weighted by molar-refractivity contribution is -0.137. The summed E-state index contributed by atoms with van der Waals surface area (Å²) in [5, 5.41) is 4.27. The molecule has 0 amide bonds. The second-order valence-electron chi connectivity index (χ2n) is 5.99. The zero-order valence-electron chi connectivity index (χ0n) is 14.1. The summed E-state index contributed by atoms with van der Waals surface area (Å²) < 4.78 is 39.9. The van der Waals surface area contributed by atoms with E-state index in [1.165, 1.54) is 12.1 Å². The standard InChI is InChI=1S/C15H17F3N4.C2H6/c1-14(8-19)9-21(13-6-7-20-22(13)10-14)12-4-2-11(3-5-12)15(16,17)18;1-2/h2-7H,8-10,19H2,1H3;1-2H3. The van der Waals surface area contributed by atoms with Crippen LogP contribution >= 0.6 is 0 Å². The van der Waals surface area contributed by atoms with Crippen LogP contribution < -0.4 is 10.6 Å². The summed E-state index contributed by atoms with van der Waals surface area (Å²) in [4.78, 5) is 1.96. The summed E-state index contributed by atoms with van der Waals surface area (Å²) in [5.41, 5.74) is 5.74. The van der Waals surface area contributed by atoms with Crippen LogP contribution in [0.25, 0.3) is 0 Å². The molecule has 1 unspecified atom stereocenters. The van der Waals surface area contributed by atoms with E-state index >= 15 is 0 Å². The Labute approximate surface area is 140 Å². The van der Waals surface area contributed by atoms with Gasteiger partial charge in [-0.3, -0.25) is 0 Å². The number of aromatic nitrogens is 2. The average molecular weight is 340 g/mol. The normalized spacial score (nSPS) is 20.2. The van der Waals surface area contributed by atoms with E-state index < -0.39 is 11.7 Å². The molecule has 132 valence electrons. The predicted octanol–water partition coefficient (Wildman–Crippen LogP) is 4.04. The third kappa shape index (κ3) is 3.56. The summed E-state index contributed by atoms with van der Waals surface area (Å²) in [6, 6.07) is 7.04. The van der Waals surface area contributed by atoms with Gasteiger partial charge in [0.15, 0.2) is 0 Å². The first kappa shape index (κ1) is 18.3. The molecule has 2 N–H and O–H groups in total. The first-order chi connectivity index (χ1) is 11.3. The summed E-state index contributed by atoms with van der Waals surface area (Å²) in [7, 11) is 0. The van der Waals surface area contributed by atoms with Gasteiger partial charge in [0.25, 0.3) is 0 Å². The van der Waals surface area contributed by atoms with Crippen LogP contribution in [0.15, 0.2) is 36.5 Å². The summed E-state index contributed by atoms with van der Waals surface area (Å²) in [6.45, 7) is 7.86. The molecule has 3 rings (SSSR count). The van der Waals surface area contributed by atoms with Crippen LogP contribution in [0.3, 0.4) is 0 Å². The van der Waals surface area contributed by atoms with E-state index in [2.05, 4.69) is 12.0 Å². The Hall–Kier alpha value is -2.02. The van der Waals surface area contributed by atoms with E-state index in [4.69, 9.17) is 5.73 Å².